The van der Waals surface area contributed by atoms with Crippen LogP contribution >= 0.6 is 11.3 Å². The first-order chi connectivity index (χ1) is 9.80. The molecule has 1 aromatic rings. The Bertz CT molecular complexity index is 680. The van der Waals surface area contributed by atoms with E-state index in [-0.39, 0.29) is 16.3 Å². The fourth-order valence-electron chi connectivity index (χ4n) is 2.42. The number of nitrogens with zero attached hydrogens (tertiary/aromatic N) is 1. The van der Waals surface area contributed by atoms with Gasteiger partial charge in [-0.25, -0.2) is 13.2 Å². The number of carbonyl (C=O) groups is 2. The highest BCUT2D eigenvalue weighted by molar-refractivity contribution is 7.89. The van der Waals surface area contributed by atoms with E-state index < -0.39 is 27.9 Å². The first kappa shape index (κ1) is 15.9. The molecule has 0 aliphatic carbocycles. The average Bonchev–Trinajstić information content (AvgIpc) is 3.04. The number of primary amides is 1. The van der Waals surface area contributed by atoms with Gasteiger partial charge in [-0.2, -0.15) is 4.31 Å². The number of esters is 1. The molecule has 2 N–H and O–H groups in total. The summed E-state index contributed by atoms with van der Waals surface area (Å²) in [5.74, 6) is -1.38. The number of thiophene rings is 1. The molecule has 1 saturated heterocycles. The van der Waals surface area contributed by atoms with Gasteiger partial charge in [-0.1, -0.05) is 0 Å². The van der Waals surface area contributed by atoms with E-state index in [1.807, 2.05) is 0 Å². The van der Waals surface area contributed by atoms with Gasteiger partial charge in [0.15, 0.2) is 0 Å². The Labute approximate surface area is 126 Å². The molecule has 1 amide bonds. The second-order valence-corrected chi connectivity index (χ2v) is 7.45. The summed E-state index contributed by atoms with van der Waals surface area (Å²) < 4.78 is 31.3. The molecule has 0 spiro atoms. The smallest absolute Gasteiger partial charge is 0.349 e. The molecular formula is C12H16N2O5S2. The Morgan fingerprint density at radius 1 is 1.48 bits per heavy atom. The summed E-state index contributed by atoms with van der Waals surface area (Å²) >= 11 is 1.01. The molecule has 1 unspecified atom stereocenters. The molecular weight excluding hydrogens is 316 g/mol. The number of hydrogen-bond donors (Lipinski definition) is 1. The molecule has 0 bridgehead atoms. The van der Waals surface area contributed by atoms with Gasteiger partial charge in [0.05, 0.1) is 7.11 Å². The van der Waals surface area contributed by atoms with Gasteiger partial charge in [0.1, 0.15) is 15.8 Å². The lowest BCUT2D eigenvalue weighted by Crippen LogP contribution is -2.44. The van der Waals surface area contributed by atoms with Gasteiger partial charge in [0.25, 0.3) is 0 Å². The van der Waals surface area contributed by atoms with E-state index in [0.717, 1.165) is 15.6 Å². The molecule has 116 valence electrons. The molecule has 1 fully saturated rings. The molecule has 1 aliphatic rings. The normalized spacial score (nSPS) is 19.6. The standard InChI is InChI=1S/C12H16N2O5S2/c1-7-6-20-9(12(16)19-2)10(7)21(17,18)14-5-3-4-8(14)11(13)15/h6,8H,3-5H2,1-2H3,(H2,13,15). The zero-order valence-corrected chi connectivity index (χ0v) is 13.3. The van der Waals surface area contributed by atoms with Crippen molar-refractivity contribution in [3.8, 4) is 0 Å². The lowest BCUT2D eigenvalue weighted by molar-refractivity contribution is -0.121. The van der Waals surface area contributed by atoms with Crippen LogP contribution in [0.1, 0.15) is 28.1 Å². The second-order valence-electron chi connectivity index (χ2n) is 4.74. The first-order valence-corrected chi connectivity index (χ1v) is 8.60. The fourth-order valence-corrected chi connectivity index (χ4v) is 5.74. The predicted octanol–water partition coefficient (Wildman–Crippen LogP) is 0.482. The number of amides is 1. The van der Waals surface area contributed by atoms with Crippen LogP contribution in [-0.4, -0.2) is 44.3 Å². The number of nitrogens with two attached hydrogens (primary N) is 1. The summed E-state index contributed by atoms with van der Waals surface area (Å²) in [6.45, 7) is 1.82. The minimum absolute atomic E-state index is 0.0186. The van der Waals surface area contributed by atoms with E-state index in [1.165, 1.54) is 7.11 Å². The topological polar surface area (TPSA) is 107 Å². The summed E-state index contributed by atoms with van der Waals surface area (Å²) in [4.78, 5) is 23.1. The van der Waals surface area contributed by atoms with E-state index in [1.54, 1.807) is 12.3 Å². The third kappa shape index (κ3) is 2.68. The van der Waals surface area contributed by atoms with Crippen LogP contribution in [0, 0.1) is 6.92 Å². The van der Waals surface area contributed by atoms with Crippen molar-refractivity contribution in [2.24, 2.45) is 5.73 Å². The molecule has 7 nitrogen and oxygen atoms in total. The quantitative estimate of drug-likeness (QED) is 0.807. The van der Waals surface area contributed by atoms with Gasteiger partial charge >= 0.3 is 5.97 Å². The molecule has 0 radical (unpaired) electrons. The Kier molecular flexibility index (Phi) is 4.35. The minimum atomic E-state index is -3.96. The maximum absolute atomic E-state index is 12.8. The highest BCUT2D eigenvalue weighted by atomic mass is 32.2. The predicted molar refractivity (Wildman–Crippen MR) is 76.5 cm³/mol. The van der Waals surface area contributed by atoms with Crippen LogP contribution in [0.15, 0.2) is 10.3 Å². The van der Waals surface area contributed by atoms with Gasteiger partial charge in [-0.05, 0) is 30.7 Å². The molecule has 2 heterocycles. The van der Waals surface area contributed by atoms with Gasteiger partial charge in [-0.15, -0.1) is 11.3 Å². The van der Waals surface area contributed by atoms with E-state index in [0.29, 0.717) is 18.4 Å². The van der Waals surface area contributed by atoms with Crippen molar-refractivity contribution in [3.05, 3.63) is 15.8 Å². The minimum Gasteiger partial charge on any atom is -0.465 e. The van der Waals surface area contributed by atoms with Crippen molar-refractivity contribution in [1.29, 1.82) is 0 Å². The van der Waals surface area contributed by atoms with Crippen molar-refractivity contribution in [2.75, 3.05) is 13.7 Å². The third-order valence-corrected chi connectivity index (χ3v) is 6.69. The molecule has 1 aromatic heterocycles. The second kappa shape index (κ2) is 5.74. The zero-order valence-electron chi connectivity index (χ0n) is 11.7. The number of aryl methyl sites for hydroxylation is 1. The average molecular weight is 332 g/mol. The number of hydrogen-bond acceptors (Lipinski definition) is 6. The number of carbonyl (C=O) groups excluding carboxylic acids is 2. The summed E-state index contributed by atoms with van der Waals surface area (Å²) in [7, 11) is -2.77. The molecule has 0 saturated carbocycles. The summed E-state index contributed by atoms with van der Waals surface area (Å²) in [6, 6.07) is -0.861. The van der Waals surface area contributed by atoms with Gasteiger partial charge in [0, 0.05) is 6.54 Å². The maximum atomic E-state index is 12.8. The highest BCUT2D eigenvalue weighted by Crippen LogP contribution is 2.33. The Hall–Kier alpha value is -1.45. The Morgan fingerprint density at radius 2 is 2.14 bits per heavy atom. The fraction of sp³-hybridized carbons (Fsp3) is 0.500. The molecule has 0 aromatic carbocycles. The van der Waals surface area contributed by atoms with Gasteiger partial charge in [0.2, 0.25) is 15.9 Å². The van der Waals surface area contributed by atoms with Crippen molar-refractivity contribution in [3.63, 3.8) is 0 Å². The highest BCUT2D eigenvalue weighted by Gasteiger charge is 2.41. The molecule has 1 aliphatic heterocycles. The molecule has 2 rings (SSSR count). The first-order valence-electron chi connectivity index (χ1n) is 6.28. The van der Waals surface area contributed by atoms with Gasteiger partial charge in [-0.3, -0.25) is 4.79 Å². The molecule has 21 heavy (non-hydrogen) atoms. The zero-order chi connectivity index (χ0) is 15.8. The van der Waals surface area contributed by atoms with E-state index in [2.05, 4.69) is 4.74 Å². The lowest BCUT2D eigenvalue weighted by Gasteiger charge is -2.22. The van der Waals surface area contributed by atoms with Crippen LogP contribution < -0.4 is 5.73 Å². The van der Waals surface area contributed by atoms with E-state index in [9.17, 15) is 18.0 Å². The lowest BCUT2D eigenvalue weighted by atomic mass is 10.2. The number of ether oxygens (including phenoxy) is 1. The van der Waals surface area contributed by atoms with Crippen LogP contribution in [-0.2, 0) is 19.6 Å². The van der Waals surface area contributed by atoms with Gasteiger partial charge < -0.3 is 10.5 Å². The maximum Gasteiger partial charge on any atom is 0.349 e. The van der Waals surface area contributed by atoms with Crippen molar-refractivity contribution in [2.45, 2.75) is 30.7 Å². The summed E-state index contributed by atoms with van der Waals surface area (Å²) in [6.07, 6.45) is 0.953. The molecule has 9 heteroatoms. The summed E-state index contributed by atoms with van der Waals surface area (Å²) in [5, 5.41) is 1.58. The SMILES string of the molecule is COC(=O)c1scc(C)c1S(=O)(=O)N1CCCC1C(N)=O. The largest absolute Gasteiger partial charge is 0.465 e. The Morgan fingerprint density at radius 3 is 2.71 bits per heavy atom. The third-order valence-electron chi connectivity index (χ3n) is 3.39. The van der Waals surface area contributed by atoms with Crippen molar-refractivity contribution >= 4 is 33.2 Å². The van der Waals surface area contributed by atoms with Crippen LogP contribution in [0.5, 0.6) is 0 Å². The van der Waals surface area contributed by atoms with E-state index in [4.69, 9.17) is 5.73 Å². The van der Waals surface area contributed by atoms with Crippen LogP contribution in [0.2, 0.25) is 0 Å². The van der Waals surface area contributed by atoms with Crippen LogP contribution in [0.25, 0.3) is 0 Å². The van der Waals surface area contributed by atoms with Crippen LogP contribution in [0.3, 0.4) is 0 Å². The van der Waals surface area contributed by atoms with Crippen LogP contribution in [0.4, 0.5) is 0 Å². The monoisotopic (exact) mass is 332 g/mol. The number of rotatable bonds is 4. The molecule has 1 atom stereocenters. The number of sulfonamides is 1. The summed E-state index contributed by atoms with van der Waals surface area (Å²) in [5.41, 5.74) is 5.72. The Balaban J connectivity index is 2.52. The van der Waals surface area contributed by atoms with Crippen molar-refractivity contribution in [1.82, 2.24) is 4.31 Å². The van der Waals surface area contributed by atoms with E-state index >= 15 is 0 Å². The number of methoxy groups -OCH3 is 1. The van der Waals surface area contributed by atoms with Crippen molar-refractivity contribution < 1.29 is 22.7 Å².